The van der Waals surface area contributed by atoms with Crippen LogP contribution in [0.15, 0.2) is 11.6 Å². The molecule has 0 aromatic rings. The van der Waals surface area contributed by atoms with Gasteiger partial charge >= 0.3 is 0 Å². The van der Waals surface area contributed by atoms with Crippen LogP contribution in [0.1, 0.15) is 7.79 Å². The van der Waals surface area contributed by atoms with Gasteiger partial charge in [-0.25, -0.2) is 0 Å². The Bertz CT molecular complexity index is 831. The first-order chi connectivity index (χ1) is 12.8. The second kappa shape index (κ2) is 6.92. The van der Waals surface area contributed by atoms with E-state index in [2.05, 4.69) is 4.74 Å². The molecule has 0 aromatic carbocycles. The number of carbonyl (C=O) groups excluding carboxylic acids is 6. The third-order valence-electron chi connectivity index (χ3n) is 4.31. The number of carbonyl (C=O) groups is 6. The van der Waals surface area contributed by atoms with Gasteiger partial charge in [-0.2, -0.15) is 0 Å². The zero-order valence-corrected chi connectivity index (χ0v) is 13.3. The second-order valence-corrected chi connectivity index (χ2v) is 5.89. The second-order valence-electron chi connectivity index (χ2n) is 5.89. The van der Waals surface area contributed by atoms with Crippen molar-refractivity contribution in [3.05, 3.63) is 11.6 Å². The van der Waals surface area contributed by atoms with Crippen LogP contribution in [0.2, 0.25) is 0 Å². The van der Waals surface area contributed by atoms with Crippen LogP contribution in [0.5, 0.6) is 0 Å². The van der Waals surface area contributed by atoms with Gasteiger partial charge in [0, 0.05) is 6.08 Å². The van der Waals surface area contributed by atoms with E-state index >= 15 is 0 Å². The fourth-order valence-corrected chi connectivity index (χ4v) is 2.78. The lowest BCUT2D eigenvalue weighted by molar-refractivity contribution is -0.354. The molecule has 1 heterocycles. The number of hydrogen-bond donors (Lipinski definition) is 5. The molecule has 0 saturated carbocycles. The predicted octanol–water partition coefficient (Wildman–Crippen LogP) is -5.11. The van der Waals surface area contributed by atoms with Crippen LogP contribution < -0.4 is 0 Å². The highest BCUT2D eigenvalue weighted by Crippen LogP contribution is 2.40. The van der Waals surface area contributed by atoms with Gasteiger partial charge < -0.3 is 30.3 Å². The van der Waals surface area contributed by atoms with Gasteiger partial charge in [-0.1, -0.05) is 0 Å². The predicted molar refractivity (Wildman–Crippen MR) is 77.7 cm³/mol. The van der Waals surface area contributed by atoms with Crippen LogP contribution in [-0.2, 0) is 33.5 Å². The molecule has 12 nitrogen and oxygen atoms in total. The summed E-state index contributed by atoms with van der Waals surface area (Å²) in [6.45, 7) is -1.17. The van der Waals surface area contributed by atoms with Crippen LogP contribution >= 0.6 is 0 Å². The number of ketones is 5. The van der Waals surface area contributed by atoms with Crippen molar-refractivity contribution < 1.29 is 60.4 Å². The lowest BCUT2D eigenvalue weighted by Gasteiger charge is -2.50. The summed E-state index contributed by atoms with van der Waals surface area (Å²) < 4.78 is 11.4. The molecule has 1 unspecified atom stereocenters. The van der Waals surface area contributed by atoms with Crippen LogP contribution in [0.3, 0.4) is 0 Å². The van der Waals surface area contributed by atoms with E-state index in [1.165, 1.54) is 0 Å². The standard InChI is InChI=1S/C15H14O12/c16-3-9-11(22)13(24)14(25,15(26,27-9)10(21)4-17)12(23)5-1-7(19)8(20)2-6(5)18/h1,4,9,11,13,16,22,24-26H,2-3H2/t9-,11-,13+,14+,15?/m1/s1/i4D. The number of rotatable bonds is 5. The topological polar surface area (TPSA) is 213 Å². The number of Topliss-reactive ketones (excluding diaryl/α,β-unsaturated/α-hetero) is 4. The molecule has 2 rings (SSSR count). The first-order valence-electron chi connectivity index (χ1n) is 7.84. The van der Waals surface area contributed by atoms with Gasteiger partial charge in [0.2, 0.25) is 23.0 Å². The van der Waals surface area contributed by atoms with Crippen molar-refractivity contribution in [1.29, 1.82) is 0 Å². The molecular weight excluding hydrogens is 372 g/mol. The fraction of sp³-hybridized carbons (Fsp3) is 0.467. The maximum atomic E-state index is 12.7. The Hall–Kier alpha value is -2.48. The third-order valence-corrected chi connectivity index (χ3v) is 4.31. The molecular formula is C15H14O12. The zero-order chi connectivity index (χ0) is 21.6. The molecule has 1 aliphatic heterocycles. The highest BCUT2D eigenvalue weighted by molar-refractivity contribution is 6.51. The molecule has 0 radical (unpaired) electrons. The average Bonchev–Trinajstić information content (AvgIpc) is 2.64. The average molecular weight is 387 g/mol. The van der Waals surface area contributed by atoms with Gasteiger partial charge in [0.1, 0.15) is 19.7 Å². The monoisotopic (exact) mass is 387 g/mol. The van der Waals surface area contributed by atoms with Crippen LogP contribution in [0.25, 0.3) is 0 Å². The Morgan fingerprint density at radius 2 is 1.85 bits per heavy atom. The number of ether oxygens (including phenoxy) is 1. The highest BCUT2D eigenvalue weighted by Gasteiger charge is 2.71. The Kier molecular flexibility index (Phi) is 4.94. The van der Waals surface area contributed by atoms with Gasteiger partial charge in [0.05, 0.1) is 18.6 Å². The Morgan fingerprint density at radius 3 is 2.37 bits per heavy atom. The molecule has 1 fully saturated rings. The van der Waals surface area contributed by atoms with Crippen LogP contribution in [-0.4, -0.2) is 97.0 Å². The first-order valence-corrected chi connectivity index (χ1v) is 7.34. The molecule has 27 heavy (non-hydrogen) atoms. The number of aliphatic hydroxyl groups excluding tert-OH is 3. The number of hydrogen-bond acceptors (Lipinski definition) is 12. The van der Waals surface area contributed by atoms with Crippen molar-refractivity contribution in [1.82, 2.24) is 0 Å². The Balaban J connectivity index is 2.69. The van der Waals surface area contributed by atoms with E-state index in [-0.39, 0.29) is 6.08 Å². The minimum absolute atomic E-state index is 0.194. The summed E-state index contributed by atoms with van der Waals surface area (Å²) in [7, 11) is 0. The van der Waals surface area contributed by atoms with Gasteiger partial charge in [0.25, 0.3) is 11.6 Å². The normalized spacial score (nSPS) is 37.5. The minimum Gasteiger partial charge on any atom is -0.394 e. The quantitative estimate of drug-likeness (QED) is 0.130. The van der Waals surface area contributed by atoms with Crippen molar-refractivity contribution in [3.63, 3.8) is 0 Å². The minimum atomic E-state index is -4.00. The third kappa shape index (κ3) is 2.88. The molecule has 0 spiro atoms. The van der Waals surface area contributed by atoms with Gasteiger partial charge in [-0.3, -0.25) is 28.8 Å². The van der Waals surface area contributed by atoms with E-state index in [1.54, 1.807) is 0 Å². The van der Waals surface area contributed by atoms with Crippen molar-refractivity contribution in [2.75, 3.05) is 6.61 Å². The van der Waals surface area contributed by atoms with Crippen molar-refractivity contribution in [2.45, 2.75) is 36.1 Å². The first kappa shape index (κ1) is 19.3. The molecule has 12 heteroatoms. The highest BCUT2D eigenvalue weighted by atomic mass is 16.7. The lowest BCUT2D eigenvalue weighted by Crippen LogP contribution is -2.79. The number of allylic oxidation sites excluding steroid dienone is 1. The summed E-state index contributed by atoms with van der Waals surface area (Å²) in [5.41, 5.74) is -5.15. The lowest BCUT2D eigenvalue weighted by atomic mass is 9.71. The van der Waals surface area contributed by atoms with Crippen LogP contribution in [0, 0.1) is 0 Å². The van der Waals surface area contributed by atoms with Gasteiger partial charge in [-0.05, 0) is 0 Å². The van der Waals surface area contributed by atoms with Gasteiger partial charge in [-0.15, -0.1) is 0 Å². The largest absolute Gasteiger partial charge is 0.394 e. The number of aldehydes is 1. The van der Waals surface area contributed by atoms with E-state index in [1.807, 2.05) is 0 Å². The molecule has 2 aliphatic rings. The van der Waals surface area contributed by atoms with Crippen molar-refractivity contribution in [2.24, 2.45) is 0 Å². The molecule has 1 saturated heterocycles. The SMILES string of the molecule is [2H]C(=O)C(=O)C1(O)O[C@H](CO)[C@@H](O)[C@H](O)[C@@]1(O)C(=O)C1=CC(=O)C(=O)CC1=O. The van der Waals surface area contributed by atoms with E-state index in [9.17, 15) is 49.2 Å². The van der Waals surface area contributed by atoms with E-state index < -0.39 is 83.5 Å². The summed E-state index contributed by atoms with van der Waals surface area (Å²) >= 11 is 0. The van der Waals surface area contributed by atoms with E-state index in [0.29, 0.717) is 0 Å². The summed E-state index contributed by atoms with van der Waals surface area (Å²) in [5.74, 6) is -12.1. The van der Waals surface area contributed by atoms with Crippen molar-refractivity contribution >= 4 is 35.2 Å². The van der Waals surface area contributed by atoms with E-state index in [4.69, 9.17) is 6.48 Å². The van der Waals surface area contributed by atoms with E-state index in [0.717, 1.165) is 0 Å². The molecule has 0 amide bonds. The maximum absolute atomic E-state index is 12.7. The molecule has 5 atom stereocenters. The summed E-state index contributed by atoms with van der Waals surface area (Å²) in [6.07, 6.45) is -10.2. The summed E-state index contributed by atoms with van der Waals surface area (Å²) in [5, 5.41) is 50.4. The van der Waals surface area contributed by atoms with Crippen molar-refractivity contribution in [3.8, 4) is 0 Å². The molecule has 0 aromatic heterocycles. The molecule has 146 valence electrons. The maximum Gasteiger partial charge on any atom is 0.275 e. The smallest absolute Gasteiger partial charge is 0.275 e. The summed E-state index contributed by atoms with van der Waals surface area (Å²) in [4.78, 5) is 70.6. The zero-order valence-electron chi connectivity index (χ0n) is 14.3. The summed E-state index contributed by atoms with van der Waals surface area (Å²) in [6, 6.07) is 0. The Labute approximate surface area is 151 Å². The molecule has 0 bridgehead atoms. The molecule has 5 N–H and O–H groups in total. The van der Waals surface area contributed by atoms with Crippen LogP contribution in [0.4, 0.5) is 0 Å². The van der Waals surface area contributed by atoms with Gasteiger partial charge in [0.15, 0.2) is 12.0 Å². The fourth-order valence-electron chi connectivity index (χ4n) is 2.78. The Morgan fingerprint density at radius 1 is 1.26 bits per heavy atom. The molecule has 1 aliphatic carbocycles. The number of aliphatic hydroxyl groups is 5.